The van der Waals surface area contributed by atoms with E-state index < -0.39 is 17.3 Å². The summed E-state index contributed by atoms with van der Waals surface area (Å²) in [6, 6.07) is 2.25. The quantitative estimate of drug-likeness (QED) is 0.699. The molecule has 0 atom stereocenters. The van der Waals surface area contributed by atoms with E-state index in [-0.39, 0.29) is 23.5 Å². The summed E-state index contributed by atoms with van der Waals surface area (Å²) in [6.07, 6.45) is 0. The number of nitrogen functional groups attached to an aromatic ring is 1. The Morgan fingerprint density at radius 1 is 1.56 bits per heavy atom. The van der Waals surface area contributed by atoms with E-state index in [0.29, 0.717) is 0 Å². The molecule has 1 amide bonds. The van der Waals surface area contributed by atoms with Crippen molar-refractivity contribution < 1.29 is 19.0 Å². The smallest absolute Gasteiger partial charge is 0.255 e. The fourth-order valence-corrected chi connectivity index (χ4v) is 1.31. The van der Waals surface area contributed by atoms with Crippen LogP contribution in [0.25, 0.3) is 0 Å². The van der Waals surface area contributed by atoms with Crippen LogP contribution in [0.3, 0.4) is 0 Å². The molecule has 0 aromatic heterocycles. The summed E-state index contributed by atoms with van der Waals surface area (Å²) in [7, 11) is 1.36. The summed E-state index contributed by atoms with van der Waals surface area (Å²) < 4.78 is 18.3. The van der Waals surface area contributed by atoms with Crippen LogP contribution in [0, 0.1) is 5.82 Å². The monoisotopic (exact) mass is 256 g/mol. The average Bonchev–Trinajstić information content (AvgIpc) is 2.28. The van der Waals surface area contributed by atoms with Crippen LogP contribution >= 0.6 is 0 Å². The van der Waals surface area contributed by atoms with Gasteiger partial charge in [-0.05, 0) is 19.9 Å². The highest BCUT2D eigenvalue weighted by molar-refractivity contribution is 5.97. The van der Waals surface area contributed by atoms with E-state index in [1.54, 1.807) is 13.8 Å². The van der Waals surface area contributed by atoms with Crippen LogP contribution in [0.1, 0.15) is 24.2 Å². The average molecular weight is 256 g/mol. The van der Waals surface area contributed by atoms with E-state index in [4.69, 9.17) is 10.5 Å². The second-order valence-corrected chi connectivity index (χ2v) is 4.57. The zero-order valence-electron chi connectivity index (χ0n) is 10.6. The number of nitrogens with one attached hydrogen (secondary N) is 1. The Balaban J connectivity index is 2.95. The van der Waals surface area contributed by atoms with Crippen molar-refractivity contribution in [2.75, 3.05) is 19.4 Å². The van der Waals surface area contributed by atoms with Gasteiger partial charge < -0.3 is 20.9 Å². The van der Waals surface area contributed by atoms with Crippen molar-refractivity contribution in [3.8, 4) is 5.75 Å². The van der Waals surface area contributed by atoms with Gasteiger partial charge in [0.05, 0.1) is 24.0 Å². The van der Waals surface area contributed by atoms with Crippen LogP contribution in [0.15, 0.2) is 12.1 Å². The number of anilines is 1. The summed E-state index contributed by atoms with van der Waals surface area (Å²) >= 11 is 0. The molecule has 0 fully saturated rings. The minimum atomic E-state index is -1.05. The van der Waals surface area contributed by atoms with Crippen molar-refractivity contribution in [3.05, 3.63) is 23.5 Å². The lowest BCUT2D eigenvalue weighted by atomic mass is 10.1. The highest BCUT2D eigenvalue weighted by atomic mass is 19.1. The number of nitrogens with two attached hydrogens (primary N) is 1. The molecule has 6 heteroatoms. The predicted octanol–water partition coefficient (Wildman–Crippen LogP) is 0.917. The molecular formula is C12H17FN2O3. The first-order chi connectivity index (χ1) is 8.24. The first-order valence-corrected chi connectivity index (χ1v) is 5.38. The highest BCUT2D eigenvalue weighted by Gasteiger charge is 2.19. The third kappa shape index (κ3) is 3.59. The Bertz CT molecular complexity index is 455. The summed E-state index contributed by atoms with van der Waals surface area (Å²) in [6.45, 7) is 3.14. The maximum Gasteiger partial charge on any atom is 0.255 e. The number of halogens is 1. The number of aliphatic hydroxyl groups is 1. The molecule has 4 N–H and O–H groups in total. The number of carbonyl (C=O) groups excluding carboxylic acids is 1. The zero-order chi connectivity index (χ0) is 13.9. The van der Waals surface area contributed by atoms with Crippen LogP contribution in [0.2, 0.25) is 0 Å². The maximum atomic E-state index is 13.3. The molecule has 0 aliphatic carbocycles. The minimum Gasteiger partial charge on any atom is -0.496 e. The van der Waals surface area contributed by atoms with Gasteiger partial charge in [0, 0.05) is 12.6 Å². The minimum absolute atomic E-state index is 0.0356. The van der Waals surface area contributed by atoms with Gasteiger partial charge >= 0.3 is 0 Å². The molecule has 1 rings (SSSR count). The number of ether oxygens (including phenoxy) is 1. The van der Waals surface area contributed by atoms with Gasteiger partial charge in [-0.15, -0.1) is 0 Å². The van der Waals surface area contributed by atoms with Gasteiger partial charge in [-0.1, -0.05) is 0 Å². The second kappa shape index (κ2) is 5.22. The molecule has 18 heavy (non-hydrogen) atoms. The fraction of sp³-hybridized carbons (Fsp3) is 0.417. The van der Waals surface area contributed by atoms with E-state index >= 15 is 0 Å². The van der Waals surface area contributed by atoms with Gasteiger partial charge in [-0.25, -0.2) is 4.39 Å². The molecule has 0 bridgehead atoms. The molecule has 0 heterocycles. The molecule has 1 aromatic carbocycles. The van der Waals surface area contributed by atoms with Gasteiger partial charge in [0.25, 0.3) is 5.91 Å². The highest BCUT2D eigenvalue weighted by Crippen LogP contribution is 2.24. The van der Waals surface area contributed by atoms with E-state index in [9.17, 15) is 14.3 Å². The van der Waals surface area contributed by atoms with Crippen LogP contribution in [-0.4, -0.2) is 30.3 Å². The lowest BCUT2D eigenvalue weighted by Gasteiger charge is -2.18. The molecule has 0 spiro atoms. The van der Waals surface area contributed by atoms with Crippen molar-refractivity contribution in [3.63, 3.8) is 0 Å². The molecule has 0 saturated heterocycles. The molecule has 0 unspecified atom stereocenters. The van der Waals surface area contributed by atoms with E-state index in [0.717, 1.165) is 6.07 Å². The van der Waals surface area contributed by atoms with Crippen LogP contribution < -0.4 is 15.8 Å². The summed E-state index contributed by atoms with van der Waals surface area (Å²) in [5.41, 5.74) is 4.28. The van der Waals surface area contributed by atoms with Crippen molar-refractivity contribution >= 4 is 11.6 Å². The lowest BCUT2D eigenvalue weighted by Crippen LogP contribution is -2.38. The molecular weight excluding hydrogens is 239 g/mol. The normalized spacial score (nSPS) is 11.2. The summed E-state index contributed by atoms with van der Waals surface area (Å²) in [5, 5.41) is 12.0. The zero-order valence-corrected chi connectivity index (χ0v) is 10.6. The first kappa shape index (κ1) is 14.2. The van der Waals surface area contributed by atoms with Crippen molar-refractivity contribution in [2.45, 2.75) is 19.4 Å². The molecule has 0 aliphatic heterocycles. The molecule has 5 nitrogen and oxygen atoms in total. The Labute approximate surface area is 105 Å². The Kier molecular flexibility index (Phi) is 4.13. The molecule has 100 valence electrons. The van der Waals surface area contributed by atoms with Gasteiger partial charge in [0.2, 0.25) is 0 Å². The van der Waals surface area contributed by atoms with Crippen LogP contribution in [-0.2, 0) is 0 Å². The second-order valence-electron chi connectivity index (χ2n) is 4.57. The summed E-state index contributed by atoms with van der Waals surface area (Å²) in [5.74, 6) is -1.04. The number of benzene rings is 1. The summed E-state index contributed by atoms with van der Waals surface area (Å²) in [4.78, 5) is 11.8. The lowest BCUT2D eigenvalue weighted by molar-refractivity contribution is 0.0692. The number of hydrogen-bond donors (Lipinski definition) is 3. The van der Waals surface area contributed by atoms with Crippen molar-refractivity contribution in [2.24, 2.45) is 0 Å². The van der Waals surface area contributed by atoms with Crippen molar-refractivity contribution in [1.29, 1.82) is 0 Å². The topological polar surface area (TPSA) is 84.6 Å². The number of rotatable bonds is 4. The largest absolute Gasteiger partial charge is 0.496 e. The van der Waals surface area contributed by atoms with Gasteiger partial charge in [0.15, 0.2) is 0 Å². The number of hydrogen-bond acceptors (Lipinski definition) is 4. The molecule has 0 radical (unpaired) electrons. The van der Waals surface area contributed by atoms with Gasteiger partial charge in [0.1, 0.15) is 11.6 Å². The SMILES string of the molecule is COc1cc(N)c(F)cc1C(=O)NCC(C)(C)O. The number of amides is 1. The first-order valence-electron chi connectivity index (χ1n) is 5.38. The Hall–Kier alpha value is -1.82. The third-order valence-corrected chi connectivity index (χ3v) is 2.24. The fourth-order valence-electron chi connectivity index (χ4n) is 1.31. The standard InChI is InChI=1S/C12H17FN2O3/c1-12(2,17)6-15-11(16)7-4-8(13)9(14)5-10(7)18-3/h4-5,17H,6,14H2,1-3H3,(H,15,16). The number of methoxy groups -OCH3 is 1. The van der Waals surface area contributed by atoms with Gasteiger partial charge in [-0.2, -0.15) is 0 Å². The molecule has 0 aliphatic rings. The molecule has 1 aromatic rings. The van der Waals surface area contributed by atoms with Gasteiger partial charge in [-0.3, -0.25) is 4.79 Å². The third-order valence-electron chi connectivity index (χ3n) is 2.24. The van der Waals surface area contributed by atoms with E-state index in [1.165, 1.54) is 13.2 Å². The van der Waals surface area contributed by atoms with E-state index in [1.807, 2.05) is 0 Å². The van der Waals surface area contributed by atoms with Crippen LogP contribution in [0.4, 0.5) is 10.1 Å². The van der Waals surface area contributed by atoms with Crippen LogP contribution in [0.5, 0.6) is 5.75 Å². The Morgan fingerprint density at radius 2 is 2.17 bits per heavy atom. The predicted molar refractivity (Wildman–Crippen MR) is 66.0 cm³/mol. The molecule has 0 saturated carbocycles. The van der Waals surface area contributed by atoms with E-state index in [2.05, 4.69) is 5.32 Å². The maximum absolute atomic E-state index is 13.3. The number of carbonyl (C=O) groups is 1. The Morgan fingerprint density at radius 3 is 2.67 bits per heavy atom. The van der Waals surface area contributed by atoms with Crippen molar-refractivity contribution in [1.82, 2.24) is 5.32 Å².